The maximum absolute atomic E-state index is 10.9. The highest BCUT2D eigenvalue weighted by molar-refractivity contribution is 5.75. The molecule has 8 heteroatoms. The summed E-state index contributed by atoms with van der Waals surface area (Å²) >= 11 is 0. The predicted molar refractivity (Wildman–Crippen MR) is 62.5 cm³/mol. The average molecular weight is 252 g/mol. The van der Waals surface area contributed by atoms with Gasteiger partial charge in [0.25, 0.3) is 0 Å². The van der Waals surface area contributed by atoms with E-state index >= 15 is 0 Å². The van der Waals surface area contributed by atoms with E-state index in [2.05, 4.69) is 10.3 Å². The molecule has 1 aromatic rings. The van der Waals surface area contributed by atoms with Gasteiger partial charge in [-0.25, -0.2) is 4.98 Å². The Morgan fingerprint density at radius 1 is 1.67 bits per heavy atom. The van der Waals surface area contributed by atoms with E-state index in [4.69, 9.17) is 5.11 Å². The number of aliphatic carboxylic acids is 1. The first-order valence-corrected chi connectivity index (χ1v) is 5.40. The first-order valence-electron chi connectivity index (χ1n) is 5.40. The number of piperazine rings is 1. The number of carboxylic acid groups (broad SMARTS) is 1. The van der Waals surface area contributed by atoms with Gasteiger partial charge >= 0.3 is 11.7 Å². The highest BCUT2D eigenvalue weighted by Gasteiger charge is 2.29. The summed E-state index contributed by atoms with van der Waals surface area (Å²) in [6.45, 7) is 1.10. The zero-order chi connectivity index (χ0) is 13.1. The van der Waals surface area contributed by atoms with Gasteiger partial charge in [-0.05, 0) is 6.07 Å². The fourth-order valence-corrected chi connectivity index (χ4v) is 1.88. The van der Waals surface area contributed by atoms with Gasteiger partial charge in [-0.3, -0.25) is 14.9 Å². The SMILES string of the molecule is O=C(O)[C@@H]1CN(c2ncccc2[N+](=O)[O-])CCN1. The third kappa shape index (κ3) is 2.38. The maximum atomic E-state index is 10.9. The van der Waals surface area contributed by atoms with Crippen molar-refractivity contribution in [2.24, 2.45) is 0 Å². The van der Waals surface area contributed by atoms with Crippen molar-refractivity contribution in [2.45, 2.75) is 6.04 Å². The summed E-state index contributed by atoms with van der Waals surface area (Å²) in [6, 6.07) is 2.11. The van der Waals surface area contributed by atoms with Crippen molar-refractivity contribution in [2.75, 3.05) is 24.5 Å². The minimum absolute atomic E-state index is 0.108. The molecule has 1 fully saturated rings. The normalized spacial score (nSPS) is 19.6. The maximum Gasteiger partial charge on any atom is 0.322 e. The molecule has 1 aliphatic rings. The molecule has 1 atom stereocenters. The molecule has 0 bridgehead atoms. The van der Waals surface area contributed by atoms with Crippen molar-refractivity contribution < 1.29 is 14.8 Å². The summed E-state index contributed by atoms with van der Waals surface area (Å²) in [5, 5.41) is 22.7. The second-order valence-electron chi connectivity index (χ2n) is 3.89. The van der Waals surface area contributed by atoms with E-state index in [1.807, 2.05) is 0 Å². The number of nitrogens with zero attached hydrogens (tertiary/aromatic N) is 3. The van der Waals surface area contributed by atoms with E-state index < -0.39 is 16.9 Å². The van der Waals surface area contributed by atoms with Crippen LogP contribution in [0.2, 0.25) is 0 Å². The van der Waals surface area contributed by atoms with Gasteiger partial charge in [0, 0.05) is 31.9 Å². The van der Waals surface area contributed by atoms with E-state index in [0.717, 1.165) is 0 Å². The van der Waals surface area contributed by atoms with Crippen LogP contribution >= 0.6 is 0 Å². The molecule has 0 saturated carbocycles. The number of anilines is 1. The summed E-state index contributed by atoms with van der Waals surface area (Å²) in [5.41, 5.74) is -0.108. The van der Waals surface area contributed by atoms with Gasteiger partial charge in [0.2, 0.25) is 5.82 Å². The molecule has 2 N–H and O–H groups in total. The second kappa shape index (κ2) is 4.96. The molecule has 2 rings (SSSR count). The lowest BCUT2D eigenvalue weighted by atomic mass is 10.2. The topological polar surface area (TPSA) is 109 Å². The van der Waals surface area contributed by atoms with Gasteiger partial charge in [-0.2, -0.15) is 0 Å². The first-order chi connectivity index (χ1) is 8.59. The second-order valence-corrected chi connectivity index (χ2v) is 3.89. The smallest absolute Gasteiger partial charge is 0.322 e. The van der Waals surface area contributed by atoms with Crippen LogP contribution in [0.5, 0.6) is 0 Å². The van der Waals surface area contributed by atoms with Crippen molar-refractivity contribution in [3.8, 4) is 0 Å². The van der Waals surface area contributed by atoms with Crippen LogP contribution in [0.25, 0.3) is 0 Å². The van der Waals surface area contributed by atoms with Crippen LogP contribution in [-0.4, -0.2) is 46.7 Å². The summed E-state index contributed by atoms with van der Waals surface area (Å²) in [4.78, 5) is 26.9. The fourth-order valence-electron chi connectivity index (χ4n) is 1.88. The number of pyridine rings is 1. The van der Waals surface area contributed by atoms with Gasteiger partial charge in [0.15, 0.2) is 0 Å². The fraction of sp³-hybridized carbons (Fsp3) is 0.400. The Morgan fingerprint density at radius 2 is 2.44 bits per heavy atom. The number of carboxylic acids is 1. The van der Waals surface area contributed by atoms with E-state index in [-0.39, 0.29) is 18.1 Å². The molecule has 18 heavy (non-hydrogen) atoms. The Hall–Kier alpha value is -2.22. The molecule has 1 aromatic heterocycles. The predicted octanol–water partition coefficient (Wildman–Crippen LogP) is -0.147. The summed E-state index contributed by atoms with van der Waals surface area (Å²) in [5.74, 6) is -0.756. The quantitative estimate of drug-likeness (QED) is 0.568. The van der Waals surface area contributed by atoms with Gasteiger partial charge < -0.3 is 15.3 Å². The van der Waals surface area contributed by atoms with Gasteiger partial charge in [-0.1, -0.05) is 0 Å². The van der Waals surface area contributed by atoms with Crippen molar-refractivity contribution >= 4 is 17.5 Å². The Labute approximate surface area is 102 Å². The summed E-state index contributed by atoms with van der Waals surface area (Å²) < 4.78 is 0. The van der Waals surface area contributed by atoms with Crippen molar-refractivity contribution in [1.82, 2.24) is 10.3 Å². The van der Waals surface area contributed by atoms with Crippen LogP contribution in [0.15, 0.2) is 18.3 Å². The number of rotatable bonds is 3. The average Bonchev–Trinajstić information content (AvgIpc) is 2.39. The van der Waals surface area contributed by atoms with Crippen molar-refractivity contribution in [3.05, 3.63) is 28.4 Å². The van der Waals surface area contributed by atoms with Crippen LogP contribution in [0, 0.1) is 10.1 Å². The molecule has 0 aromatic carbocycles. The lowest BCUT2D eigenvalue weighted by Gasteiger charge is -2.31. The summed E-state index contributed by atoms with van der Waals surface area (Å²) in [6.07, 6.45) is 1.46. The molecule has 8 nitrogen and oxygen atoms in total. The highest BCUT2D eigenvalue weighted by Crippen LogP contribution is 2.25. The Bertz CT molecular complexity index is 479. The third-order valence-electron chi connectivity index (χ3n) is 2.74. The molecule has 0 radical (unpaired) electrons. The number of hydrogen-bond acceptors (Lipinski definition) is 6. The van der Waals surface area contributed by atoms with Crippen molar-refractivity contribution in [3.63, 3.8) is 0 Å². The minimum atomic E-state index is -0.974. The zero-order valence-corrected chi connectivity index (χ0v) is 9.44. The standard InChI is InChI=1S/C10H12N4O4/c15-10(16)7-6-13(5-4-11-7)9-8(14(17)18)2-1-3-12-9/h1-3,7,11H,4-6H2,(H,15,16)/t7-/m0/s1. The lowest BCUT2D eigenvalue weighted by Crippen LogP contribution is -2.54. The Morgan fingerprint density at radius 3 is 3.11 bits per heavy atom. The van der Waals surface area contributed by atoms with E-state index in [0.29, 0.717) is 13.1 Å². The van der Waals surface area contributed by atoms with E-state index in [9.17, 15) is 14.9 Å². The number of nitrogens with one attached hydrogen (secondary N) is 1. The van der Waals surface area contributed by atoms with Crippen LogP contribution < -0.4 is 10.2 Å². The van der Waals surface area contributed by atoms with Gasteiger partial charge in [0.05, 0.1) is 4.92 Å². The number of nitro groups is 1. The van der Waals surface area contributed by atoms with Gasteiger partial charge in [-0.15, -0.1) is 0 Å². The molecule has 0 spiro atoms. The third-order valence-corrected chi connectivity index (χ3v) is 2.74. The van der Waals surface area contributed by atoms with Crippen LogP contribution in [-0.2, 0) is 4.79 Å². The van der Waals surface area contributed by atoms with E-state index in [1.165, 1.54) is 18.3 Å². The van der Waals surface area contributed by atoms with Crippen LogP contribution in [0.3, 0.4) is 0 Å². The lowest BCUT2D eigenvalue weighted by molar-refractivity contribution is -0.384. The Balaban J connectivity index is 2.26. The molecule has 0 aliphatic carbocycles. The van der Waals surface area contributed by atoms with Crippen LogP contribution in [0.4, 0.5) is 11.5 Å². The van der Waals surface area contributed by atoms with Gasteiger partial charge in [0.1, 0.15) is 6.04 Å². The molecule has 96 valence electrons. The monoisotopic (exact) mass is 252 g/mol. The molecule has 1 saturated heterocycles. The minimum Gasteiger partial charge on any atom is -0.480 e. The first kappa shape index (κ1) is 12.2. The number of carbonyl (C=O) groups is 1. The molecule has 2 heterocycles. The summed E-state index contributed by atoms with van der Waals surface area (Å²) in [7, 11) is 0. The van der Waals surface area contributed by atoms with Crippen LogP contribution in [0.1, 0.15) is 0 Å². The molecule has 0 unspecified atom stereocenters. The number of aromatic nitrogens is 1. The molecular weight excluding hydrogens is 240 g/mol. The van der Waals surface area contributed by atoms with E-state index in [1.54, 1.807) is 4.90 Å². The Kier molecular flexibility index (Phi) is 3.38. The van der Waals surface area contributed by atoms with Crippen molar-refractivity contribution in [1.29, 1.82) is 0 Å². The largest absolute Gasteiger partial charge is 0.480 e. The molecule has 0 amide bonds. The highest BCUT2D eigenvalue weighted by atomic mass is 16.6. The zero-order valence-electron chi connectivity index (χ0n) is 9.44. The molecular formula is C10H12N4O4. The number of hydrogen-bond donors (Lipinski definition) is 2. The molecule has 1 aliphatic heterocycles.